The monoisotopic (exact) mass is 356 g/mol. The van der Waals surface area contributed by atoms with Gasteiger partial charge in [0.1, 0.15) is 5.03 Å². The van der Waals surface area contributed by atoms with Crippen LogP contribution in [0, 0.1) is 13.8 Å². The van der Waals surface area contributed by atoms with E-state index in [1.54, 1.807) is 12.3 Å². The van der Waals surface area contributed by atoms with Crippen LogP contribution in [0.5, 0.6) is 0 Å². The van der Waals surface area contributed by atoms with Gasteiger partial charge in [-0.3, -0.25) is 4.79 Å². The summed E-state index contributed by atoms with van der Waals surface area (Å²) in [5.41, 5.74) is 3.10. The third-order valence-corrected chi connectivity index (χ3v) is 5.60. The molecule has 0 bridgehead atoms. The predicted molar refractivity (Wildman–Crippen MR) is 100 cm³/mol. The number of pyridine rings is 1. The molecule has 0 radical (unpaired) electrons. The number of nitrogens with one attached hydrogen (secondary N) is 1. The number of carbonyl (C=O) groups excluding carboxylic acids is 1. The molecule has 2 aromatic rings. The fourth-order valence-corrected chi connectivity index (χ4v) is 3.89. The molecule has 0 spiro atoms. The summed E-state index contributed by atoms with van der Waals surface area (Å²) in [5, 5.41) is 3.79. The Kier molecular flexibility index (Phi) is 5.76. The van der Waals surface area contributed by atoms with Crippen LogP contribution in [0.25, 0.3) is 0 Å². The average Bonchev–Trinajstić information content (AvgIpc) is 3.13. The number of hydrogen-bond donors (Lipinski definition) is 1. The second-order valence-corrected chi connectivity index (χ2v) is 7.58. The van der Waals surface area contributed by atoms with Gasteiger partial charge in [0.05, 0.1) is 17.7 Å². The Morgan fingerprint density at radius 1 is 1.32 bits per heavy atom. The van der Waals surface area contributed by atoms with Crippen LogP contribution in [0.2, 0.25) is 0 Å². The minimum atomic E-state index is -0.0950. The number of aryl methyl sites for hydroxylation is 2. The van der Waals surface area contributed by atoms with Gasteiger partial charge in [-0.15, -0.1) is 0 Å². The highest BCUT2D eigenvalue weighted by molar-refractivity contribution is 7.99. The maximum Gasteiger partial charge on any atom is 0.254 e. The van der Waals surface area contributed by atoms with Crippen molar-refractivity contribution in [1.29, 1.82) is 0 Å². The number of amides is 1. The van der Waals surface area contributed by atoms with Crippen molar-refractivity contribution < 1.29 is 9.53 Å². The number of nitrogens with zero attached hydrogens (tertiary/aromatic N) is 1. The molecule has 2 unspecified atom stereocenters. The highest BCUT2D eigenvalue weighted by Gasteiger charge is 2.25. The lowest BCUT2D eigenvalue weighted by Crippen LogP contribution is -2.41. The second-order valence-electron chi connectivity index (χ2n) is 6.52. The molecule has 25 heavy (non-hydrogen) atoms. The van der Waals surface area contributed by atoms with Crippen molar-refractivity contribution in [2.24, 2.45) is 0 Å². The molecule has 1 aromatic carbocycles. The number of rotatable bonds is 5. The molecule has 2 atom stereocenters. The summed E-state index contributed by atoms with van der Waals surface area (Å²) in [5.74, 6) is -0.0950. The topological polar surface area (TPSA) is 51.2 Å². The van der Waals surface area contributed by atoms with Gasteiger partial charge in [0.2, 0.25) is 0 Å². The highest BCUT2D eigenvalue weighted by atomic mass is 32.2. The smallest absolute Gasteiger partial charge is 0.254 e. The first-order valence-electron chi connectivity index (χ1n) is 8.67. The van der Waals surface area contributed by atoms with Crippen molar-refractivity contribution in [3.05, 3.63) is 53.2 Å². The molecule has 1 aliphatic heterocycles. The summed E-state index contributed by atoms with van der Waals surface area (Å²) in [6, 6.07) is 9.92. The number of ether oxygens (including phenoxy) is 1. The molecular formula is C20H24N2O2S. The lowest BCUT2D eigenvalue weighted by molar-refractivity contribution is 0.0710. The van der Waals surface area contributed by atoms with Gasteiger partial charge in [0.25, 0.3) is 5.91 Å². The van der Waals surface area contributed by atoms with Gasteiger partial charge < -0.3 is 10.1 Å². The molecule has 4 nitrogen and oxygen atoms in total. The van der Waals surface area contributed by atoms with Gasteiger partial charge in [0, 0.05) is 17.7 Å². The van der Waals surface area contributed by atoms with Crippen LogP contribution in [0.15, 0.2) is 46.5 Å². The largest absolute Gasteiger partial charge is 0.376 e. The van der Waals surface area contributed by atoms with E-state index in [0.717, 1.165) is 29.4 Å². The van der Waals surface area contributed by atoms with Crippen LogP contribution in [-0.2, 0) is 4.74 Å². The van der Waals surface area contributed by atoms with Crippen LogP contribution in [-0.4, -0.2) is 29.6 Å². The van der Waals surface area contributed by atoms with Crippen molar-refractivity contribution in [2.75, 3.05) is 6.61 Å². The Bertz CT molecular complexity index is 757. The maximum atomic E-state index is 12.7. The van der Waals surface area contributed by atoms with Crippen LogP contribution in [0.1, 0.15) is 41.3 Å². The van der Waals surface area contributed by atoms with Gasteiger partial charge in [-0.25, -0.2) is 4.98 Å². The highest BCUT2D eigenvalue weighted by Crippen LogP contribution is 2.30. The Morgan fingerprint density at radius 3 is 2.88 bits per heavy atom. The first-order valence-corrected chi connectivity index (χ1v) is 9.49. The SMILES string of the molecule is Cc1ccc(Sc2ncccc2C(=O)NC(C)C2CCCO2)cc1C. The first kappa shape index (κ1) is 18.0. The van der Waals surface area contributed by atoms with Gasteiger partial charge >= 0.3 is 0 Å². The third-order valence-electron chi connectivity index (χ3n) is 4.59. The Balaban J connectivity index is 1.75. The van der Waals surface area contributed by atoms with Crippen molar-refractivity contribution in [2.45, 2.75) is 55.7 Å². The second kappa shape index (κ2) is 8.02. The average molecular weight is 356 g/mol. The Morgan fingerprint density at radius 2 is 2.16 bits per heavy atom. The molecule has 0 saturated carbocycles. The lowest BCUT2D eigenvalue weighted by atomic mass is 10.1. The zero-order valence-electron chi connectivity index (χ0n) is 14.9. The van der Waals surface area contributed by atoms with Crippen LogP contribution in [0.4, 0.5) is 0 Å². The molecular weight excluding hydrogens is 332 g/mol. The van der Waals surface area contributed by atoms with Gasteiger partial charge in [-0.1, -0.05) is 17.8 Å². The Hall–Kier alpha value is -1.85. The van der Waals surface area contributed by atoms with E-state index in [2.05, 4.69) is 42.3 Å². The van der Waals surface area contributed by atoms with Crippen molar-refractivity contribution in [3.8, 4) is 0 Å². The summed E-state index contributed by atoms with van der Waals surface area (Å²) in [7, 11) is 0. The summed E-state index contributed by atoms with van der Waals surface area (Å²) in [4.78, 5) is 18.2. The summed E-state index contributed by atoms with van der Waals surface area (Å²) >= 11 is 1.52. The molecule has 0 aliphatic carbocycles. The zero-order valence-corrected chi connectivity index (χ0v) is 15.7. The molecule has 1 aromatic heterocycles. The van der Waals surface area contributed by atoms with Crippen molar-refractivity contribution in [1.82, 2.24) is 10.3 Å². The van der Waals surface area contributed by atoms with E-state index in [4.69, 9.17) is 4.74 Å². The van der Waals surface area contributed by atoms with E-state index in [0.29, 0.717) is 5.56 Å². The molecule has 1 amide bonds. The fourth-order valence-electron chi connectivity index (χ4n) is 2.91. The zero-order chi connectivity index (χ0) is 17.8. The first-order chi connectivity index (χ1) is 12.0. The van der Waals surface area contributed by atoms with Crippen LogP contribution < -0.4 is 5.32 Å². The number of carbonyl (C=O) groups is 1. The normalized spacial score (nSPS) is 18.1. The van der Waals surface area contributed by atoms with E-state index in [-0.39, 0.29) is 18.1 Å². The number of hydrogen-bond acceptors (Lipinski definition) is 4. The van der Waals surface area contributed by atoms with Crippen molar-refractivity contribution in [3.63, 3.8) is 0 Å². The van der Waals surface area contributed by atoms with E-state index < -0.39 is 0 Å². The molecule has 1 N–H and O–H groups in total. The molecule has 132 valence electrons. The molecule has 2 heterocycles. The molecule has 1 fully saturated rings. The molecule has 3 rings (SSSR count). The Labute approximate surface area is 153 Å². The summed E-state index contributed by atoms with van der Waals surface area (Å²) in [6.45, 7) is 6.97. The minimum absolute atomic E-state index is 0.00493. The fraction of sp³-hybridized carbons (Fsp3) is 0.400. The third kappa shape index (κ3) is 4.41. The summed E-state index contributed by atoms with van der Waals surface area (Å²) in [6.07, 6.45) is 3.89. The number of aromatic nitrogens is 1. The van der Waals surface area contributed by atoms with E-state index in [1.165, 1.54) is 22.9 Å². The predicted octanol–water partition coefficient (Wildman–Crippen LogP) is 4.15. The quantitative estimate of drug-likeness (QED) is 0.874. The standard InChI is InChI=1S/C20H24N2O2S/c1-13-8-9-16(12-14(13)2)25-20-17(6-4-10-21-20)19(23)22-15(3)18-7-5-11-24-18/h4,6,8-10,12,15,18H,5,7,11H2,1-3H3,(H,22,23). The van der Waals surface area contributed by atoms with E-state index in [1.807, 2.05) is 13.0 Å². The molecule has 1 saturated heterocycles. The molecule has 1 aliphatic rings. The van der Waals surface area contributed by atoms with Crippen LogP contribution >= 0.6 is 11.8 Å². The van der Waals surface area contributed by atoms with E-state index >= 15 is 0 Å². The van der Waals surface area contributed by atoms with Gasteiger partial charge in [-0.2, -0.15) is 0 Å². The molecule has 5 heteroatoms. The lowest BCUT2D eigenvalue weighted by Gasteiger charge is -2.20. The van der Waals surface area contributed by atoms with Crippen LogP contribution in [0.3, 0.4) is 0 Å². The van der Waals surface area contributed by atoms with Crippen molar-refractivity contribution >= 4 is 17.7 Å². The minimum Gasteiger partial charge on any atom is -0.376 e. The van der Waals surface area contributed by atoms with Gasteiger partial charge in [-0.05, 0) is 69.0 Å². The maximum absolute atomic E-state index is 12.7. The number of benzene rings is 1. The summed E-state index contributed by atoms with van der Waals surface area (Å²) < 4.78 is 5.67. The van der Waals surface area contributed by atoms with Gasteiger partial charge in [0.15, 0.2) is 0 Å². The van der Waals surface area contributed by atoms with E-state index in [9.17, 15) is 4.79 Å².